The standard InChI is InChI=1S/C19H30ClN3O2/c1-5-15(6-2)12-23(7-3)14-19(25)22(4)13-18(24)21-17-11-9-8-10-16(17)20/h8-11,15H,5-7,12-14H2,1-4H3,(H,21,24). The number of hydrogen-bond donors (Lipinski definition) is 1. The zero-order chi connectivity index (χ0) is 18.8. The van der Waals surface area contributed by atoms with Crippen molar-refractivity contribution < 1.29 is 9.59 Å². The van der Waals surface area contributed by atoms with E-state index in [1.165, 1.54) is 4.90 Å². The van der Waals surface area contributed by atoms with Crippen molar-refractivity contribution in [2.24, 2.45) is 5.92 Å². The molecule has 0 spiro atoms. The van der Waals surface area contributed by atoms with Gasteiger partial charge in [0.25, 0.3) is 0 Å². The number of nitrogens with zero attached hydrogens (tertiary/aromatic N) is 2. The molecule has 2 amide bonds. The largest absolute Gasteiger partial charge is 0.335 e. The van der Waals surface area contributed by atoms with Crippen LogP contribution in [0.4, 0.5) is 5.69 Å². The molecule has 0 saturated heterocycles. The molecule has 0 aliphatic carbocycles. The lowest BCUT2D eigenvalue weighted by atomic mass is 10.0. The predicted octanol–water partition coefficient (Wildman–Crippen LogP) is 3.50. The molecule has 0 heterocycles. The molecule has 0 radical (unpaired) electrons. The lowest BCUT2D eigenvalue weighted by Crippen LogP contribution is -2.43. The second-order valence-corrected chi connectivity index (χ2v) is 6.70. The van der Waals surface area contributed by atoms with E-state index in [2.05, 4.69) is 31.0 Å². The molecule has 0 aromatic heterocycles. The topological polar surface area (TPSA) is 52.7 Å². The van der Waals surface area contributed by atoms with Crippen molar-refractivity contribution in [3.05, 3.63) is 29.3 Å². The van der Waals surface area contributed by atoms with Crippen molar-refractivity contribution in [2.45, 2.75) is 33.6 Å². The molecule has 25 heavy (non-hydrogen) atoms. The molecule has 140 valence electrons. The Morgan fingerprint density at radius 1 is 1.12 bits per heavy atom. The third kappa shape index (κ3) is 7.45. The summed E-state index contributed by atoms with van der Waals surface area (Å²) in [4.78, 5) is 28.1. The molecule has 0 aliphatic rings. The van der Waals surface area contributed by atoms with Crippen LogP contribution in [0.2, 0.25) is 5.02 Å². The second kappa shape index (κ2) is 11.1. The fourth-order valence-corrected chi connectivity index (χ4v) is 2.77. The van der Waals surface area contributed by atoms with Gasteiger partial charge in [-0.2, -0.15) is 0 Å². The average Bonchev–Trinajstić information content (AvgIpc) is 2.60. The van der Waals surface area contributed by atoms with Gasteiger partial charge in [-0.25, -0.2) is 0 Å². The summed E-state index contributed by atoms with van der Waals surface area (Å²) in [6.45, 7) is 8.48. The van der Waals surface area contributed by atoms with Gasteiger partial charge in [-0.3, -0.25) is 14.5 Å². The summed E-state index contributed by atoms with van der Waals surface area (Å²) >= 11 is 6.03. The molecule has 0 aliphatic heterocycles. The summed E-state index contributed by atoms with van der Waals surface area (Å²) in [5.74, 6) is 0.288. The average molecular weight is 368 g/mol. The summed E-state index contributed by atoms with van der Waals surface area (Å²) in [6.07, 6.45) is 2.22. The van der Waals surface area contributed by atoms with Gasteiger partial charge >= 0.3 is 0 Å². The normalized spacial score (nSPS) is 11.0. The summed E-state index contributed by atoms with van der Waals surface area (Å²) in [5.41, 5.74) is 0.555. The van der Waals surface area contributed by atoms with Gasteiger partial charge in [0.2, 0.25) is 11.8 Å². The highest BCUT2D eigenvalue weighted by atomic mass is 35.5. The van der Waals surface area contributed by atoms with Crippen LogP contribution in [0.1, 0.15) is 33.6 Å². The minimum atomic E-state index is -0.257. The number of likely N-dealkylation sites (N-methyl/N-ethyl adjacent to an activating group) is 2. The number of carbonyl (C=O) groups is 2. The summed E-state index contributed by atoms with van der Waals surface area (Å²) in [7, 11) is 1.65. The van der Waals surface area contributed by atoms with Crippen molar-refractivity contribution in [3.8, 4) is 0 Å². The second-order valence-electron chi connectivity index (χ2n) is 6.29. The molecular formula is C19H30ClN3O2. The quantitative estimate of drug-likeness (QED) is 0.688. The number of rotatable bonds is 10. The Morgan fingerprint density at radius 3 is 2.32 bits per heavy atom. The number of amides is 2. The third-order valence-electron chi connectivity index (χ3n) is 4.43. The predicted molar refractivity (Wildman–Crippen MR) is 104 cm³/mol. The number of halogens is 1. The van der Waals surface area contributed by atoms with Gasteiger partial charge in [0, 0.05) is 13.6 Å². The lowest BCUT2D eigenvalue weighted by Gasteiger charge is -2.26. The Labute approximate surface area is 156 Å². The fourth-order valence-electron chi connectivity index (χ4n) is 2.59. The molecule has 1 N–H and O–H groups in total. The number of carbonyl (C=O) groups excluding carboxylic acids is 2. The van der Waals surface area contributed by atoms with Gasteiger partial charge in [-0.05, 0) is 24.6 Å². The first-order valence-corrected chi connectivity index (χ1v) is 9.29. The van der Waals surface area contributed by atoms with Crippen molar-refractivity contribution in [2.75, 3.05) is 38.5 Å². The van der Waals surface area contributed by atoms with Gasteiger partial charge in [-0.1, -0.05) is 57.3 Å². The Bertz CT molecular complexity index is 561. The van der Waals surface area contributed by atoms with E-state index in [0.29, 0.717) is 23.2 Å². The SMILES string of the molecule is CCC(CC)CN(CC)CC(=O)N(C)CC(=O)Nc1ccccc1Cl. The monoisotopic (exact) mass is 367 g/mol. The summed E-state index contributed by atoms with van der Waals surface area (Å²) in [6, 6.07) is 7.04. The first kappa shape index (κ1) is 21.5. The molecule has 0 bridgehead atoms. The van der Waals surface area contributed by atoms with Gasteiger partial charge < -0.3 is 10.2 Å². The summed E-state index contributed by atoms with van der Waals surface area (Å²) in [5, 5.41) is 3.21. The molecule has 1 aromatic rings. The first-order valence-electron chi connectivity index (χ1n) is 8.91. The molecule has 1 rings (SSSR count). The maximum absolute atomic E-state index is 12.4. The molecule has 6 heteroatoms. The zero-order valence-electron chi connectivity index (χ0n) is 15.7. The van der Waals surface area contributed by atoms with Crippen LogP contribution in [0.25, 0.3) is 0 Å². The van der Waals surface area contributed by atoms with E-state index in [0.717, 1.165) is 25.9 Å². The number of anilines is 1. The molecule has 1 aromatic carbocycles. The highest BCUT2D eigenvalue weighted by Crippen LogP contribution is 2.20. The highest BCUT2D eigenvalue weighted by Gasteiger charge is 2.18. The van der Waals surface area contributed by atoms with Gasteiger partial charge in [0.15, 0.2) is 0 Å². The van der Waals surface area contributed by atoms with Crippen molar-refractivity contribution in [3.63, 3.8) is 0 Å². The Hall–Kier alpha value is -1.59. The molecule has 0 atom stereocenters. The van der Waals surface area contributed by atoms with Crippen LogP contribution in [-0.2, 0) is 9.59 Å². The maximum atomic E-state index is 12.4. The minimum absolute atomic E-state index is 0.00654. The van der Waals surface area contributed by atoms with Crippen LogP contribution in [0, 0.1) is 5.92 Å². The zero-order valence-corrected chi connectivity index (χ0v) is 16.5. The Morgan fingerprint density at radius 2 is 1.76 bits per heavy atom. The smallest absolute Gasteiger partial charge is 0.244 e. The van der Waals surface area contributed by atoms with E-state index in [1.807, 2.05) is 0 Å². The minimum Gasteiger partial charge on any atom is -0.335 e. The van der Waals surface area contributed by atoms with E-state index in [1.54, 1.807) is 31.3 Å². The van der Waals surface area contributed by atoms with Crippen LogP contribution in [0.5, 0.6) is 0 Å². The van der Waals surface area contributed by atoms with E-state index in [4.69, 9.17) is 11.6 Å². The Balaban J connectivity index is 2.52. The molecule has 5 nitrogen and oxygen atoms in total. The number of nitrogens with one attached hydrogen (secondary N) is 1. The van der Waals surface area contributed by atoms with Crippen LogP contribution in [0.3, 0.4) is 0 Å². The molecule has 0 saturated carbocycles. The first-order chi connectivity index (χ1) is 11.9. The molecule has 0 unspecified atom stereocenters. The fraction of sp³-hybridized carbons (Fsp3) is 0.579. The van der Waals surface area contributed by atoms with E-state index in [-0.39, 0.29) is 18.4 Å². The van der Waals surface area contributed by atoms with Crippen molar-refractivity contribution in [1.29, 1.82) is 0 Å². The van der Waals surface area contributed by atoms with Crippen molar-refractivity contribution >= 4 is 29.1 Å². The van der Waals surface area contributed by atoms with Crippen LogP contribution >= 0.6 is 11.6 Å². The lowest BCUT2D eigenvalue weighted by molar-refractivity contribution is -0.134. The van der Waals surface area contributed by atoms with Crippen LogP contribution in [-0.4, -0.2) is 54.8 Å². The molecule has 0 fully saturated rings. The van der Waals surface area contributed by atoms with E-state index < -0.39 is 0 Å². The van der Waals surface area contributed by atoms with Crippen LogP contribution < -0.4 is 5.32 Å². The maximum Gasteiger partial charge on any atom is 0.244 e. The van der Waals surface area contributed by atoms with Gasteiger partial charge in [0.05, 0.1) is 23.8 Å². The van der Waals surface area contributed by atoms with Crippen LogP contribution in [0.15, 0.2) is 24.3 Å². The highest BCUT2D eigenvalue weighted by molar-refractivity contribution is 6.33. The van der Waals surface area contributed by atoms with E-state index in [9.17, 15) is 9.59 Å². The number of hydrogen-bond acceptors (Lipinski definition) is 3. The van der Waals surface area contributed by atoms with Gasteiger partial charge in [0.1, 0.15) is 0 Å². The van der Waals surface area contributed by atoms with E-state index >= 15 is 0 Å². The number of para-hydroxylation sites is 1. The van der Waals surface area contributed by atoms with Gasteiger partial charge in [-0.15, -0.1) is 0 Å². The number of benzene rings is 1. The Kier molecular flexibility index (Phi) is 9.53. The van der Waals surface area contributed by atoms with Crippen molar-refractivity contribution in [1.82, 2.24) is 9.80 Å². The third-order valence-corrected chi connectivity index (χ3v) is 4.76. The summed E-state index contributed by atoms with van der Waals surface area (Å²) < 4.78 is 0. The molecular weight excluding hydrogens is 338 g/mol.